The van der Waals surface area contributed by atoms with Crippen LogP contribution in [0.5, 0.6) is 0 Å². The fourth-order valence-electron chi connectivity index (χ4n) is 13.8. The second-order valence-electron chi connectivity index (χ2n) is 20.0. The average Bonchev–Trinajstić information content (AvgIpc) is 4.23. The predicted molar refractivity (Wildman–Crippen MR) is 299 cm³/mol. The third-order valence-electron chi connectivity index (χ3n) is 16.6. The van der Waals surface area contributed by atoms with Gasteiger partial charge in [0, 0.05) is 5.56 Å². The Kier molecular flexibility index (Phi) is 8.34. The molecule has 0 radical (unpaired) electrons. The van der Waals surface area contributed by atoms with Crippen molar-refractivity contribution in [1.29, 1.82) is 0 Å². The van der Waals surface area contributed by atoms with Gasteiger partial charge in [-0.2, -0.15) is 0 Å². The molecule has 12 aromatic carbocycles. The van der Waals surface area contributed by atoms with Crippen LogP contribution in [0.25, 0.3) is 99.7 Å². The zero-order valence-electron chi connectivity index (χ0n) is 39.7. The molecule has 2 nitrogen and oxygen atoms in total. The second kappa shape index (κ2) is 15.1. The molecule has 0 bridgehead atoms. The van der Waals surface area contributed by atoms with Gasteiger partial charge >= 0.3 is 0 Å². The summed E-state index contributed by atoms with van der Waals surface area (Å²) in [5, 5.41) is 4.89. The van der Waals surface area contributed by atoms with E-state index in [1.165, 1.54) is 116 Å². The van der Waals surface area contributed by atoms with E-state index in [1.807, 2.05) is 24.3 Å². The smallest absolute Gasteiger partial charge is 0.227 e. The number of aromatic nitrogens is 1. The van der Waals surface area contributed by atoms with E-state index in [4.69, 9.17) is 9.40 Å². The van der Waals surface area contributed by atoms with Crippen LogP contribution in [0.1, 0.15) is 44.5 Å². The largest absolute Gasteiger partial charge is 0.436 e. The fourth-order valence-corrected chi connectivity index (χ4v) is 13.8. The van der Waals surface area contributed by atoms with Gasteiger partial charge in [-0.3, -0.25) is 0 Å². The van der Waals surface area contributed by atoms with Gasteiger partial charge < -0.3 is 4.42 Å². The van der Waals surface area contributed by atoms with Crippen LogP contribution in [0.3, 0.4) is 0 Å². The van der Waals surface area contributed by atoms with Crippen LogP contribution in [-0.2, 0) is 10.8 Å². The van der Waals surface area contributed by atoms with Gasteiger partial charge in [0.2, 0.25) is 5.89 Å². The number of hydrogen-bond donors (Lipinski definition) is 0. The number of para-hydroxylation sites is 2. The molecule has 0 aliphatic heterocycles. The maximum Gasteiger partial charge on any atom is 0.227 e. The lowest BCUT2D eigenvalue weighted by Gasteiger charge is -2.49. The minimum Gasteiger partial charge on any atom is -0.436 e. The van der Waals surface area contributed by atoms with Gasteiger partial charge in [-0.1, -0.05) is 231 Å². The Bertz CT molecular complexity index is 4260. The minimum absolute atomic E-state index is 0.513. The van der Waals surface area contributed by atoms with E-state index in [0.29, 0.717) is 5.89 Å². The van der Waals surface area contributed by atoms with Gasteiger partial charge in [0.15, 0.2) is 5.58 Å². The van der Waals surface area contributed by atoms with Crippen molar-refractivity contribution in [2.75, 3.05) is 0 Å². The van der Waals surface area contributed by atoms with Gasteiger partial charge in [0.1, 0.15) is 5.52 Å². The molecule has 2 spiro atoms. The zero-order valence-corrected chi connectivity index (χ0v) is 39.7. The molecule has 16 rings (SSSR count). The van der Waals surface area contributed by atoms with Crippen molar-refractivity contribution in [3.05, 3.63) is 305 Å². The first-order valence-corrected chi connectivity index (χ1v) is 25.4. The Hall–Kier alpha value is -9.37. The number of oxazole rings is 1. The molecule has 3 aliphatic carbocycles. The first kappa shape index (κ1) is 40.4. The van der Waals surface area contributed by atoms with E-state index in [-0.39, 0.29) is 0 Å². The highest BCUT2D eigenvalue weighted by Gasteiger charge is 2.59. The predicted octanol–water partition coefficient (Wildman–Crippen LogP) is 17.8. The van der Waals surface area contributed by atoms with Crippen LogP contribution in [0, 0.1) is 0 Å². The highest BCUT2D eigenvalue weighted by Crippen LogP contribution is 2.67. The molecule has 0 N–H and O–H groups in total. The summed E-state index contributed by atoms with van der Waals surface area (Å²) in [4.78, 5) is 4.78. The van der Waals surface area contributed by atoms with Crippen molar-refractivity contribution in [3.63, 3.8) is 0 Å². The molecule has 0 fully saturated rings. The normalized spacial score (nSPS) is 14.0. The summed E-state index contributed by atoms with van der Waals surface area (Å²) < 4.78 is 6.16. The van der Waals surface area contributed by atoms with E-state index in [9.17, 15) is 0 Å². The minimum atomic E-state index is -0.545. The van der Waals surface area contributed by atoms with Gasteiger partial charge in [-0.05, 0) is 152 Å². The van der Waals surface area contributed by atoms with E-state index in [1.54, 1.807) is 0 Å². The quantitative estimate of drug-likeness (QED) is 0.164. The van der Waals surface area contributed by atoms with Crippen molar-refractivity contribution in [2.24, 2.45) is 0 Å². The lowest BCUT2D eigenvalue weighted by atomic mass is 9.52. The number of benzene rings is 12. The molecule has 0 atom stereocenters. The van der Waals surface area contributed by atoms with Crippen LogP contribution >= 0.6 is 0 Å². The van der Waals surface area contributed by atoms with Crippen LogP contribution in [0.2, 0.25) is 0 Å². The zero-order chi connectivity index (χ0) is 47.8. The number of hydrogen-bond acceptors (Lipinski definition) is 2. The first-order chi connectivity index (χ1) is 36.2. The van der Waals surface area contributed by atoms with Crippen molar-refractivity contribution in [2.45, 2.75) is 10.8 Å². The van der Waals surface area contributed by atoms with Crippen molar-refractivity contribution in [3.8, 4) is 67.1 Å². The monoisotopic (exact) mass is 925 g/mol. The third-order valence-corrected chi connectivity index (χ3v) is 16.6. The van der Waals surface area contributed by atoms with Crippen molar-refractivity contribution >= 4 is 32.6 Å². The molecule has 73 heavy (non-hydrogen) atoms. The molecule has 0 unspecified atom stereocenters. The van der Waals surface area contributed by atoms with E-state index >= 15 is 0 Å². The molecule has 0 amide bonds. The van der Waals surface area contributed by atoms with Crippen LogP contribution in [0.15, 0.2) is 265 Å². The third kappa shape index (κ3) is 5.34. The van der Waals surface area contributed by atoms with Gasteiger partial charge in [0.25, 0.3) is 0 Å². The molecule has 0 saturated carbocycles. The summed E-state index contributed by atoms with van der Waals surface area (Å²) in [6.07, 6.45) is 0. The molecule has 1 heterocycles. The molecule has 13 aromatic rings. The van der Waals surface area contributed by atoms with Crippen LogP contribution in [0.4, 0.5) is 0 Å². The Balaban J connectivity index is 0.882. The van der Waals surface area contributed by atoms with Crippen LogP contribution < -0.4 is 0 Å². The van der Waals surface area contributed by atoms with E-state index in [0.717, 1.165) is 22.2 Å². The Morgan fingerprint density at radius 3 is 1.07 bits per heavy atom. The van der Waals surface area contributed by atoms with Crippen molar-refractivity contribution < 1.29 is 4.42 Å². The average molecular weight is 926 g/mol. The highest BCUT2D eigenvalue weighted by atomic mass is 16.3. The summed E-state index contributed by atoms with van der Waals surface area (Å²) in [5.74, 6) is 0.630. The topological polar surface area (TPSA) is 26.0 Å². The van der Waals surface area contributed by atoms with Gasteiger partial charge in [-0.25, -0.2) is 4.98 Å². The van der Waals surface area contributed by atoms with Crippen LogP contribution in [-0.4, -0.2) is 4.98 Å². The first-order valence-electron chi connectivity index (χ1n) is 25.4. The molecule has 0 saturated heterocycles. The maximum atomic E-state index is 6.16. The summed E-state index contributed by atoms with van der Waals surface area (Å²) >= 11 is 0. The van der Waals surface area contributed by atoms with E-state index in [2.05, 4.69) is 237 Å². The van der Waals surface area contributed by atoms with Crippen molar-refractivity contribution in [1.82, 2.24) is 4.98 Å². The molecule has 3 aliphatic rings. The summed E-state index contributed by atoms with van der Waals surface area (Å²) in [6, 6.07) is 97.2. The number of fused-ring (bicyclic) bond motifs is 19. The van der Waals surface area contributed by atoms with E-state index < -0.39 is 10.8 Å². The SMILES string of the molecule is c1ccc2c(c1)-c1ccccc1C21c2ccccc2C2(c3ccccc3-c3ccccc32)c2cc(-c3ccc(-c4c5ccccc5c(-c5ccc(-c6nc7ccccc7o6)cc5)c5ccccc45)cc3)ccc21. The van der Waals surface area contributed by atoms with Gasteiger partial charge in [-0.15, -0.1) is 0 Å². The molecular weight excluding hydrogens is 883 g/mol. The summed E-state index contributed by atoms with van der Waals surface area (Å²) in [5.41, 5.74) is 24.7. The Labute approximate surface area is 423 Å². The lowest BCUT2D eigenvalue weighted by Crippen LogP contribution is -2.43. The highest BCUT2D eigenvalue weighted by molar-refractivity contribution is 6.21. The Morgan fingerprint density at radius 1 is 0.260 bits per heavy atom. The molecular formula is C71H43NO. The molecule has 1 aromatic heterocycles. The second-order valence-corrected chi connectivity index (χ2v) is 20.0. The standard InChI is InChI=1S/C71H43NO/c1-3-23-55-53(21-1)67(54-22-2-4-24-56(54)68(55)46-37-39-47(40-38-46)69-72-65-31-15-16-32-66(65)73-69)45-35-33-44(34-36-45)48-41-42-63-64(43-48)71(59-27-11-7-19-51(59)52-20-8-12-28-60(52)71)62-30-14-13-29-61(62)70(63)57-25-9-5-17-49(57)50-18-6-10-26-58(50)70/h1-43H. The Morgan fingerprint density at radius 2 is 0.603 bits per heavy atom. The van der Waals surface area contributed by atoms with Gasteiger partial charge in [0.05, 0.1) is 10.8 Å². The fraction of sp³-hybridized carbons (Fsp3) is 0.0282. The molecule has 2 heteroatoms. The molecule has 338 valence electrons. The lowest BCUT2D eigenvalue weighted by molar-refractivity contribution is 0.620. The summed E-state index contributed by atoms with van der Waals surface area (Å²) in [7, 11) is 0. The summed E-state index contributed by atoms with van der Waals surface area (Å²) in [6.45, 7) is 0. The number of rotatable bonds is 4. The maximum absolute atomic E-state index is 6.16. The number of nitrogens with zero attached hydrogens (tertiary/aromatic N) is 1.